The number of oxazole rings is 1. The average molecular weight is 303 g/mol. The molecule has 3 rings (SSSR count). The molecule has 2 aromatic rings. The van der Waals surface area contributed by atoms with Crippen molar-refractivity contribution in [3.63, 3.8) is 0 Å². The van der Waals surface area contributed by atoms with Crippen LogP contribution in [0.25, 0.3) is 11.1 Å². The van der Waals surface area contributed by atoms with E-state index in [1.54, 1.807) is 6.92 Å². The van der Waals surface area contributed by atoms with Crippen molar-refractivity contribution >= 4 is 23.1 Å². The van der Waals surface area contributed by atoms with Crippen molar-refractivity contribution in [2.75, 3.05) is 31.1 Å². The van der Waals surface area contributed by atoms with Crippen molar-refractivity contribution in [2.24, 2.45) is 0 Å². The fraction of sp³-hybridized carbons (Fsp3) is 0.500. The van der Waals surface area contributed by atoms with Crippen molar-refractivity contribution in [2.45, 2.75) is 26.8 Å². The van der Waals surface area contributed by atoms with Crippen molar-refractivity contribution < 1.29 is 14.3 Å². The number of aromatic nitrogens is 1. The largest absolute Gasteiger partial charge is 0.480 e. The Labute approximate surface area is 129 Å². The fourth-order valence-corrected chi connectivity index (χ4v) is 2.96. The van der Waals surface area contributed by atoms with Crippen LogP contribution in [0.2, 0.25) is 0 Å². The molecule has 0 saturated carbocycles. The third-order valence-corrected chi connectivity index (χ3v) is 4.30. The maximum absolute atomic E-state index is 11.1. The summed E-state index contributed by atoms with van der Waals surface area (Å²) >= 11 is 0. The van der Waals surface area contributed by atoms with Gasteiger partial charge < -0.3 is 14.4 Å². The Balaban J connectivity index is 1.76. The molecular weight excluding hydrogens is 282 g/mol. The minimum absolute atomic E-state index is 0.448. The Morgan fingerprint density at radius 2 is 1.95 bits per heavy atom. The van der Waals surface area contributed by atoms with Crippen LogP contribution in [0, 0.1) is 13.8 Å². The summed E-state index contributed by atoms with van der Waals surface area (Å²) in [6, 6.07) is 4.30. The van der Waals surface area contributed by atoms with E-state index in [-0.39, 0.29) is 0 Å². The quantitative estimate of drug-likeness (QED) is 0.935. The predicted molar refractivity (Wildman–Crippen MR) is 84.4 cm³/mol. The van der Waals surface area contributed by atoms with Crippen LogP contribution in [0.5, 0.6) is 0 Å². The fourth-order valence-electron chi connectivity index (χ4n) is 2.96. The number of hydrogen-bond acceptors (Lipinski definition) is 5. The van der Waals surface area contributed by atoms with Crippen LogP contribution in [-0.2, 0) is 4.79 Å². The molecule has 1 aromatic heterocycles. The van der Waals surface area contributed by atoms with Gasteiger partial charge in [-0.15, -0.1) is 0 Å². The first-order valence-corrected chi connectivity index (χ1v) is 7.55. The summed E-state index contributed by atoms with van der Waals surface area (Å²) < 4.78 is 5.92. The van der Waals surface area contributed by atoms with Gasteiger partial charge in [0.25, 0.3) is 6.01 Å². The summed E-state index contributed by atoms with van der Waals surface area (Å²) in [6.07, 6.45) is 0. The second-order valence-corrected chi connectivity index (χ2v) is 5.96. The zero-order chi connectivity index (χ0) is 15.9. The molecule has 1 N–H and O–H groups in total. The summed E-state index contributed by atoms with van der Waals surface area (Å²) in [4.78, 5) is 19.7. The van der Waals surface area contributed by atoms with Crippen LogP contribution >= 0.6 is 0 Å². The topological polar surface area (TPSA) is 69.8 Å². The zero-order valence-corrected chi connectivity index (χ0v) is 13.2. The minimum atomic E-state index is -0.776. The second-order valence-electron chi connectivity index (χ2n) is 5.96. The molecule has 1 saturated heterocycles. The summed E-state index contributed by atoms with van der Waals surface area (Å²) in [5.41, 5.74) is 3.98. The third kappa shape index (κ3) is 2.66. The SMILES string of the molecule is Cc1cc(C)c2oc(N3CCN(C(C)C(=O)O)CC3)nc2c1. The number of carboxylic acids is 1. The van der Waals surface area contributed by atoms with Gasteiger partial charge in [-0.3, -0.25) is 9.69 Å². The zero-order valence-electron chi connectivity index (χ0n) is 13.2. The minimum Gasteiger partial charge on any atom is -0.480 e. The van der Waals surface area contributed by atoms with E-state index in [4.69, 9.17) is 9.52 Å². The van der Waals surface area contributed by atoms with E-state index >= 15 is 0 Å². The summed E-state index contributed by atoms with van der Waals surface area (Å²) in [7, 11) is 0. The lowest BCUT2D eigenvalue weighted by molar-refractivity contribution is -0.142. The van der Waals surface area contributed by atoms with Gasteiger partial charge in [0.2, 0.25) is 0 Å². The van der Waals surface area contributed by atoms with Gasteiger partial charge in [0.05, 0.1) is 0 Å². The number of anilines is 1. The first kappa shape index (κ1) is 14.8. The normalized spacial score (nSPS) is 17.9. The highest BCUT2D eigenvalue weighted by Crippen LogP contribution is 2.26. The van der Waals surface area contributed by atoms with Crippen LogP contribution in [-0.4, -0.2) is 53.2 Å². The lowest BCUT2D eigenvalue weighted by Crippen LogP contribution is -2.51. The van der Waals surface area contributed by atoms with Crippen LogP contribution in [0.4, 0.5) is 6.01 Å². The van der Waals surface area contributed by atoms with E-state index in [9.17, 15) is 4.79 Å². The number of carboxylic acid groups (broad SMARTS) is 1. The maximum Gasteiger partial charge on any atom is 0.320 e. The van der Waals surface area contributed by atoms with Gasteiger partial charge in [-0.05, 0) is 38.0 Å². The molecule has 0 amide bonds. The molecular formula is C16H21N3O3. The van der Waals surface area contributed by atoms with Crippen LogP contribution < -0.4 is 4.90 Å². The van der Waals surface area contributed by atoms with Gasteiger partial charge in [0.1, 0.15) is 11.6 Å². The van der Waals surface area contributed by atoms with Crippen molar-refractivity contribution in [3.05, 3.63) is 23.3 Å². The monoisotopic (exact) mass is 303 g/mol. The number of rotatable bonds is 3. The van der Waals surface area contributed by atoms with E-state index in [0.717, 1.165) is 29.8 Å². The number of fused-ring (bicyclic) bond motifs is 1. The molecule has 1 aliphatic heterocycles. The number of nitrogens with zero attached hydrogens (tertiary/aromatic N) is 3. The van der Waals surface area contributed by atoms with Gasteiger partial charge in [-0.2, -0.15) is 4.98 Å². The van der Waals surface area contributed by atoms with Gasteiger partial charge in [-0.1, -0.05) is 6.07 Å². The Bertz CT molecular complexity index is 702. The molecule has 1 fully saturated rings. The number of hydrogen-bond donors (Lipinski definition) is 1. The van der Waals surface area contributed by atoms with Crippen molar-refractivity contribution in [1.82, 2.24) is 9.88 Å². The Morgan fingerprint density at radius 1 is 1.27 bits per heavy atom. The molecule has 1 atom stereocenters. The molecule has 6 nitrogen and oxygen atoms in total. The van der Waals surface area contributed by atoms with E-state index in [0.29, 0.717) is 19.1 Å². The van der Waals surface area contributed by atoms with Crippen LogP contribution in [0.3, 0.4) is 0 Å². The highest BCUT2D eigenvalue weighted by molar-refractivity contribution is 5.79. The summed E-state index contributed by atoms with van der Waals surface area (Å²) in [5, 5.41) is 9.08. The molecule has 0 spiro atoms. The van der Waals surface area contributed by atoms with Gasteiger partial charge in [-0.25, -0.2) is 0 Å². The Hall–Kier alpha value is -2.08. The number of aryl methyl sites for hydroxylation is 2. The first-order valence-electron chi connectivity index (χ1n) is 7.55. The van der Waals surface area contributed by atoms with Crippen molar-refractivity contribution in [1.29, 1.82) is 0 Å². The molecule has 0 bridgehead atoms. The molecule has 2 heterocycles. The summed E-state index contributed by atoms with van der Waals surface area (Å²) in [6.45, 7) is 8.65. The second kappa shape index (κ2) is 5.61. The van der Waals surface area contributed by atoms with Crippen molar-refractivity contribution in [3.8, 4) is 0 Å². The summed E-state index contributed by atoms with van der Waals surface area (Å²) in [5.74, 6) is -0.776. The molecule has 6 heteroatoms. The molecule has 0 aliphatic carbocycles. The predicted octanol–water partition coefficient (Wildman–Crippen LogP) is 2.04. The molecule has 1 aromatic carbocycles. The first-order chi connectivity index (χ1) is 10.5. The number of carbonyl (C=O) groups is 1. The molecule has 118 valence electrons. The van der Waals surface area contributed by atoms with Crippen LogP contribution in [0.1, 0.15) is 18.1 Å². The van der Waals surface area contributed by atoms with E-state index in [1.165, 1.54) is 5.56 Å². The Kier molecular flexibility index (Phi) is 3.78. The number of aliphatic carboxylic acids is 1. The smallest absolute Gasteiger partial charge is 0.320 e. The maximum atomic E-state index is 11.1. The van der Waals surface area contributed by atoms with Gasteiger partial charge in [0.15, 0.2) is 5.58 Å². The van der Waals surface area contributed by atoms with Gasteiger partial charge in [0, 0.05) is 26.2 Å². The number of piperazine rings is 1. The van der Waals surface area contributed by atoms with Crippen LogP contribution in [0.15, 0.2) is 16.5 Å². The number of benzene rings is 1. The van der Waals surface area contributed by atoms with E-state index < -0.39 is 12.0 Å². The molecule has 0 radical (unpaired) electrons. The highest BCUT2D eigenvalue weighted by Gasteiger charge is 2.27. The molecule has 22 heavy (non-hydrogen) atoms. The third-order valence-electron chi connectivity index (χ3n) is 4.30. The van der Waals surface area contributed by atoms with Gasteiger partial charge >= 0.3 is 5.97 Å². The van der Waals surface area contributed by atoms with E-state index in [2.05, 4.69) is 16.0 Å². The molecule has 1 unspecified atom stereocenters. The average Bonchev–Trinajstić information content (AvgIpc) is 2.90. The standard InChI is InChI=1S/C16H21N3O3/c1-10-8-11(2)14-13(9-10)17-16(22-14)19-6-4-18(5-7-19)12(3)15(20)21/h8-9,12H,4-7H2,1-3H3,(H,20,21). The lowest BCUT2D eigenvalue weighted by atomic mass is 10.1. The molecule has 1 aliphatic rings. The Morgan fingerprint density at radius 3 is 2.59 bits per heavy atom. The van der Waals surface area contributed by atoms with E-state index in [1.807, 2.05) is 24.8 Å². The lowest BCUT2D eigenvalue weighted by Gasteiger charge is -2.35. The highest BCUT2D eigenvalue weighted by atomic mass is 16.4.